The molecule has 4 aromatic carbocycles. The number of aryl methyl sites for hydroxylation is 2. The van der Waals surface area contributed by atoms with Crippen molar-refractivity contribution >= 4 is 29.2 Å². The molecule has 0 atom stereocenters. The Morgan fingerprint density at radius 3 is 2.03 bits per heavy atom. The van der Waals surface area contributed by atoms with E-state index in [1.54, 1.807) is 6.07 Å². The highest BCUT2D eigenvalue weighted by atomic mass is 28.3. The van der Waals surface area contributed by atoms with Crippen LogP contribution < -0.4 is 14.9 Å². The first kappa shape index (κ1) is 23.2. The van der Waals surface area contributed by atoms with E-state index in [1.165, 1.54) is 26.8 Å². The molecule has 3 heteroatoms. The molecule has 1 aromatic heterocycles. The molecule has 0 aliphatic carbocycles. The van der Waals surface area contributed by atoms with E-state index in [4.69, 9.17) is 0 Å². The third-order valence-corrected chi connectivity index (χ3v) is 10.9. The highest BCUT2D eigenvalue weighted by molar-refractivity contribution is 7.00. The number of nitrogens with zero attached hydrogens (tertiary/aromatic N) is 1. The molecule has 0 unspecified atom stereocenters. The van der Waals surface area contributed by atoms with Gasteiger partial charge in [0.25, 0.3) is 0 Å². The molecule has 0 radical (unpaired) electrons. The van der Waals surface area contributed by atoms with E-state index in [9.17, 15) is 0 Å². The zero-order chi connectivity index (χ0) is 24.7. The second-order valence-corrected chi connectivity index (χ2v) is 14.4. The summed E-state index contributed by atoms with van der Waals surface area (Å²) in [5.41, 5.74) is 5.83. The lowest BCUT2D eigenvalue weighted by Gasteiger charge is -2.24. The first-order valence-corrected chi connectivity index (χ1v) is 15.1. The monoisotopic (exact) mass is 476 g/mol. The minimum atomic E-state index is -1.83. The van der Waals surface area contributed by atoms with E-state index in [2.05, 4.69) is 86.2 Å². The lowest BCUT2D eigenvalue weighted by atomic mass is 9.94. The van der Waals surface area contributed by atoms with Gasteiger partial charge in [0.15, 0.2) is 5.69 Å². The van der Waals surface area contributed by atoms with Gasteiger partial charge < -0.3 is 0 Å². The predicted molar refractivity (Wildman–Crippen MR) is 149 cm³/mol. The lowest BCUT2D eigenvalue weighted by Crippen LogP contribution is -2.52. The summed E-state index contributed by atoms with van der Waals surface area (Å²) in [5.74, 6) is -0.185. The molecule has 0 fully saturated rings. The van der Waals surface area contributed by atoms with E-state index in [0.29, 0.717) is 5.56 Å². The molecular weight excluding hydrogens is 445 g/mol. The van der Waals surface area contributed by atoms with Crippen molar-refractivity contribution in [1.82, 2.24) is 0 Å². The van der Waals surface area contributed by atoms with Crippen LogP contribution in [0.25, 0.3) is 33.2 Å². The molecule has 174 valence electrons. The zero-order valence-electron chi connectivity index (χ0n) is 21.1. The van der Waals surface area contributed by atoms with E-state index in [1.807, 2.05) is 43.3 Å². The fourth-order valence-corrected chi connectivity index (χ4v) is 7.45. The second-order valence-electron chi connectivity index (χ2n) is 10.00. The molecule has 1 nitrogen and oxygen atoms in total. The van der Waals surface area contributed by atoms with Gasteiger partial charge in [-0.3, -0.25) is 0 Å². The largest absolute Gasteiger partial charge is 0.220 e. The van der Waals surface area contributed by atoms with Crippen LogP contribution >= 0.6 is 0 Å². The van der Waals surface area contributed by atoms with Gasteiger partial charge in [-0.25, -0.2) is 4.39 Å². The normalized spacial score (nSPS) is 11.7. The summed E-state index contributed by atoms with van der Waals surface area (Å²) >= 11 is 0. The summed E-state index contributed by atoms with van der Waals surface area (Å²) in [7, 11) is 0.275. The molecule has 0 spiro atoms. The molecule has 0 N–H and O–H groups in total. The maximum absolute atomic E-state index is 15.1. The van der Waals surface area contributed by atoms with Crippen LogP contribution in [0.15, 0.2) is 97.1 Å². The first-order valence-electron chi connectivity index (χ1n) is 12.1. The van der Waals surface area contributed by atoms with Gasteiger partial charge in [0.2, 0.25) is 5.69 Å². The Morgan fingerprint density at radius 2 is 1.34 bits per heavy atom. The number of rotatable bonds is 4. The Hall–Kier alpha value is -3.56. The minimum absolute atomic E-state index is 0.185. The zero-order valence-corrected chi connectivity index (χ0v) is 22.1. The van der Waals surface area contributed by atoms with Gasteiger partial charge in [0, 0.05) is 18.6 Å². The van der Waals surface area contributed by atoms with Crippen molar-refractivity contribution in [1.29, 1.82) is 0 Å². The van der Waals surface area contributed by atoms with Crippen molar-refractivity contribution in [2.24, 2.45) is 7.05 Å². The molecule has 0 saturated carbocycles. The summed E-state index contributed by atoms with van der Waals surface area (Å²) in [6.07, 6.45) is 0. The molecule has 0 amide bonds. The quantitative estimate of drug-likeness (QED) is 0.204. The van der Waals surface area contributed by atoms with Crippen LogP contribution in [0.4, 0.5) is 4.39 Å². The fraction of sp³-hybridized carbons (Fsp3) is 0.156. The van der Waals surface area contributed by atoms with Gasteiger partial charge in [-0.1, -0.05) is 96.3 Å². The number of hydrogen-bond donors (Lipinski definition) is 0. The Labute approximate surface area is 208 Å². The summed E-state index contributed by atoms with van der Waals surface area (Å²) in [6.45, 7) is 8.97. The van der Waals surface area contributed by atoms with Crippen molar-refractivity contribution in [3.63, 3.8) is 0 Å². The highest BCUT2D eigenvalue weighted by Gasteiger charge is 2.28. The van der Waals surface area contributed by atoms with Crippen LogP contribution in [0.5, 0.6) is 0 Å². The van der Waals surface area contributed by atoms with Gasteiger partial charge in [-0.2, -0.15) is 4.57 Å². The third kappa shape index (κ3) is 4.10. The number of aromatic nitrogens is 1. The fourth-order valence-electron chi connectivity index (χ4n) is 5.08. The van der Waals surface area contributed by atoms with Gasteiger partial charge in [0.05, 0.1) is 10.9 Å². The van der Waals surface area contributed by atoms with Crippen LogP contribution in [0.3, 0.4) is 0 Å². The summed E-state index contributed by atoms with van der Waals surface area (Å²) in [4.78, 5) is 0. The molecule has 1 heterocycles. The van der Waals surface area contributed by atoms with Crippen LogP contribution in [-0.4, -0.2) is 8.07 Å². The summed E-state index contributed by atoms with van der Waals surface area (Å²) < 4.78 is 17.3. The number of halogens is 1. The van der Waals surface area contributed by atoms with Gasteiger partial charge in [-0.05, 0) is 41.6 Å². The average Bonchev–Trinajstić information content (AvgIpc) is 2.86. The standard InChI is InChI=1S/C32H31FNSi/c1-22-18-31(33)30(24-12-8-6-9-13-24)21-29(22)32-28-17-16-27(20-25(28)19-23(2)34(32)3)35(4,5)26-14-10-7-11-15-26/h6-21H,1-5H3/q+1. The van der Waals surface area contributed by atoms with Crippen molar-refractivity contribution in [2.45, 2.75) is 26.9 Å². The molecule has 0 aliphatic heterocycles. The molecule has 0 saturated heterocycles. The maximum atomic E-state index is 15.1. The van der Waals surface area contributed by atoms with Gasteiger partial charge >= 0.3 is 0 Å². The first-order chi connectivity index (χ1) is 16.8. The van der Waals surface area contributed by atoms with Crippen molar-refractivity contribution in [3.8, 4) is 22.4 Å². The van der Waals surface area contributed by atoms with Crippen LogP contribution in [0.1, 0.15) is 11.3 Å². The Kier molecular flexibility index (Phi) is 5.90. The van der Waals surface area contributed by atoms with Crippen LogP contribution in [0.2, 0.25) is 13.1 Å². The number of hydrogen-bond acceptors (Lipinski definition) is 0. The smallest absolute Gasteiger partial charge is 0.206 e. The molecule has 0 aliphatic rings. The van der Waals surface area contributed by atoms with E-state index >= 15 is 4.39 Å². The van der Waals surface area contributed by atoms with Gasteiger partial charge in [0.1, 0.15) is 20.9 Å². The van der Waals surface area contributed by atoms with E-state index < -0.39 is 8.07 Å². The Bertz CT molecular complexity index is 1540. The number of fused-ring (bicyclic) bond motifs is 1. The lowest BCUT2D eigenvalue weighted by molar-refractivity contribution is -0.665. The van der Waals surface area contributed by atoms with Crippen LogP contribution in [0, 0.1) is 19.7 Å². The minimum Gasteiger partial charge on any atom is -0.206 e. The SMILES string of the molecule is Cc1cc(F)c(-c2ccccc2)cc1-c1c2ccc([Si](C)(C)c3ccccc3)cc2cc(C)[n+]1C. The van der Waals surface area contributed by atoms with Crippen molar-refractivity contribution in [3.05, 3.63) is 114 Å². The highest BCUT2D eigenvalue weighted by Crippen LogP contribution is 2.34. The van der Waals surface area contributed by atoms with Gasteiger partial charge in [-0.15, -0.1) is 0 Å². The number of benzene rings is 4. The molecule has 5 aromatic rings. The topological polar surface area (TPSA) is 3.88 Å². The predicted octanol–water partition coefficient (Wildman–Crippen LogP) is 6.58. The summed E-state index contributed by atoms with van der Waals surface area (Å²) in [6, 6.07) is 33.6. The molecular formula is C32H31FNSi+. The van der Waals surface area contributed by atoms with Crippen molar-refractivity contribution < 1.29 is 8.96 Å². The Balaban J connectivity index is 1.73. The molecule has 0 bridgehead atoms. The van der Waals surface area contributed by atoms with E-state index in [-0.39, 0.29) is 5.82 Å². The maximum Gasteiger partial charge on any atom is 0.220 e. The third-order valence-electron chi connectivity index (χ3n) is 7.41. The summed E-state index contributed by atoms with van der Waals surface area (Å²) in [5, 5.41) is 5.26. The van der Waals surface area contributed by atoms with E-state index in [0.717, 1.165) is 22.4 Å². The molecule has 35 heavy (non-hydrogen) atoms. The molecule has 5 rings (SSSR count). The number of pyridine rings is 1. The Morgan fingerprint density at radius 1 is 0.686 bits per heavy atom. The average molecular weight is 477 g/mol. The second kappa shape index (κ2) is 8.90. The van der Waals surface area contributed by atoms with Crippen LogP contribution in [-0.2, 0) is 7.05 Å². The van der Waals surface area contributed by atoms with Crippen molar-refractivity contribution in [2.75, 3.05) is 0 Å².